The molecule has 2 aliphatic heterocycles. The van der Waals surface area contributed by atoms with Crippen molar-refractivity contribution in [3.05, 3.63) is 23.8 Å². The zero-order valence-electron chi connectivity index (χ0n) is 17.2. The van der Waals surface area contributed by atoms with Gasteiger partial charge in [0.2, 0.25) is 5.91 Å². The maximum Gasteiger partial charge on any atom is 0.338 e. The average Bonchev–Trinajstić information content (AvgIpc) is 3.21. The van der Waals surface area contributed by atoms with Gasteiger partial charge in [0.25, 0.3) is 0 Å². The van der Waals surface area contributed by atoms with Crippen molar-refractivity contribution in [1.82, 2.24) is 0 Å². The number of benzene rings is 1. The van der Waals surface area contributed by atoms with E-state index in [0.29, 0.717) is 29.0 Å². The Balaban J connectivity index is 1.15. The molecule has 4 aliphatic carbocycles. The number of esters is 1. The Kier molecular flexibility index (Phi) is 4.03. The Labute approximate surface area is 176 Å². The topological polar surface area (TPSA) is 75.7 Å². The molecule has 1 N–H and O–H groups in total. The number of carbonyl (C=O) groups is 3. The largest absolute Gasteiger partial charge is 0.454 e. The van der Waals surface area contributed by atoms with Gasteiger partial charge in [0.15, 0.2) is 12.4 Å². The highest BCUT2D eigenvalue weighted by Gasteiger charge is 2.54. The third kappa shape index (κ3) is 2.79. The van der Waals surface area contributed by atoms with Crippen LogP contribution >= 0.6 is 0 Å². The average molecular weight is 408 g/mol. The van der Waals surface area contributed by atoms with Crippen LogP contribution in [0.25, 0.3) is 0 Å². The molecule has 2 heterocycles. The van der Waals surface area contributed by atoms with Crippen LogP contribution in [0.3, 0.4) is 0 Å². The summed E-state index contributed by atoms with van der Waals surface area (Å²) in [6.07, 6.45) is 8.65. The van der Waals surface area contributed by atoms with E-state index in [-0.39, 0.29) is 29.8 Å². The van der Waals surface area contributed by atoms with Gasteiger partial charge in [-0.3, -0.25) is 9.59 Å². The number of carbonyl (C=O) groups excluding carboxylic acids is 3. The standard InChI is InChI=1S/C24H28N2O4/c27-21(24-10-14-6-15(11-24)8-16(7-14)12-24)13-30-23(29)17-3-4-19-18(9-17)25-22(28)20-2-1-5-26(19)20/h3-4,9,14-16,20H,1-2,5-8,10-13H2,(H,25,28)/t14?,15?,16?,20-,24?/m1/s1. The van der Waals surface area contributed by atoms with E-state index in [1.165, 1.54) is 19.3 Å². The number of fused-ring (bicyclic) bond motifs is 3. The summed E-state index contributed by atoms with van der Waals surface area (Å²) in [6.45, 7) is 0.719. The van der Waals surface area contributed by atoms with Crippen LogP contribution in [-0.2, 0) is 14.3 Å². The van der Waals surface area contributed by atoms with Crippen molar-refractivity contribution in [2.45, 2.75) is 57.4 Å². The molecular formula is C24H28N2O4. The number of amides is 1. The summed E-state index contributed by atoms with van der Waals surface area (Å²) in [7, 11) is 0. The Bertz CT molecular complexity index is 904. The lowest BCUT2D eigenvalue weighted by Crippen LogP contribution is -2.51. The van der Waals surface area contributed by atoms with Crippen LogP contribution in [0.1, 0.15) is 61.7 Å². The van der Waals surface area contributed by atoms with Crippen molar-refractivity contribution in [3.8, 4) is 0 Å². The highest BCUT2D eigenvalue weighted by molar-refractivity contribution is 6.05. The molecule has 1 amide bonds. The predicted octanol–water partition coefficient (Wildman–Crippen LogP) is 3.55. The molecule has 6 aliphatic rings. The SMILES string of the molecule is O=C(OCC(=O)C12CC3CC(CC(C3)C1)C2)c1ccc2c(c1)NC(=O)[C@H]1CCCN21. The van der Waals surface area contributed by atoms with Gasteiger partial charge in [-0.25, -0.2) is 4.79 Å². The van der Waals surface area contributed by atoms with Crippen LogP contribution in [0.5, 0.6) is 0 Å². The predicted molar refractivity (Wildman–Crippen MR) is 111 cm³/mol. The van der Waals surface area contributed by atoms with Crippen molar-refractivity contribution in [1.29, 1.82) is 0 Å². The molecule has 158 valence electrons. The molecule has 6 nitrogen and oxygen atoms in total. The highest BCUT2D eigenvalue weighted by atomic mass is 16.5. The first-order chi connectivity index (χ1) is 14.5. The zero-order valence-corrected chi connectivity index (χ0v) is 17.2. The van der Waals surface area contributed by atoms with Gasteiger partial charge in [-0.15, -0.1) is 0 Å². The summed E-state index contributed by atoms with van der Waals surface area (Å²) in [4.78, 5) is 40.2. The highest BCUT2D eigenvalue weighted by Crippen LogP contribution is 2.60. The Morgan fingerprint density at radius 2 is 1.80 bits per heavy atom. The van der Waals surface area contributed by atoms with Crippen LogP contribution in [0.2, 0.25) is 0 Å². The van der Waals surface area contributed by atoms with Gasteiger partial charge in [0.1, 0.15) is 6.04 Å². The molecule has 6 heteroatoms. The molecule has 1 saturated heterocycles. The minimum Gasteiger partial charge on any atom is -0.454 e. The number of nitrogens with one attached hydrogen (secondary N) is 1. The van der Waals surface area contributed by atoms with E-state index >= 15 is 0 Å². The van der Waals surface area contributed by atoms with E-state index in [9.17, 15) is 14.4 Å². The van der Waals surface area contributed by atoms with Gasteiger partial charge in [-0.05, 0) is 87.3 Å². The number of ketones is 1. The maximum absolute atomic E-state index is 13.1. The summed E-state index contributed by atoms with van der Waals surface area (Å²) < 4.78 is 5.47. The lowest BCUT2D eigenvalue weighted by atomic mass is 9.48. The molecule has 5 fully saturated rings. The van der Waals surface area contributed by atoms with Gasteiger partial charge in [0, 0.05) is 12.0 Å². The Morgan fingerprint density at radius 1 is 1.10 bits per heavy atom. The molecular weight excluding hydrogens is 380 g/mol. The summed E-state index contributed by atoms with van der Waals surface area (Å²) in [5.41, 5.74) is 1.74. The summed E-state index contributed by atoms with van der Waals surface area (Å²) in [6, 6.07) is 5.20. The van der Waals surface area contributed by atoms with E-state index < -0.39 is 5.97 Å². The molecule has 30 heavy (non-hydrogen) atoms. The molecule has 0 aromatic heterocycles. The number of hydrogen-bond donors (Lipinski definition) is 1. The van der Waals surface area contributed by atoms with E-state index in [4.69, 9.17) is 4.74 Å². The van der Waals surface area contributed by atoms with Gasteiger partial charge in [-0.1, -0.05) is 0 Å². The van der Waals surface area contributed by atoms with Crippen LogP contribution < -0.4 is 10.2 Å². The first-order valence-electron chi connectivity index (χ1n) is 11.4. The third-order valence-electron chi connectivity index (χ3n) is 8.32. The van der Waals surface area contributed by atoms with E-state index in [1.807, 2.05) is 6.07 Å². The number of Topliss-reactive ketones (excluding diaryl/α,β-unsaturated/α-hetero) is 1. The fourth-order valence-corrected chi connectivity index (χ4v) is 7.38. The molecule has 0 spiro atoms. The normalized spacial score (nSPS) is 35.6. The maximum atomic E-state index is 13.1. The van der Waals surface area contributed by atoms with Crippen molar-refractivity contribution >= 4 is 29.0 Å². The first-order valence-corrected chi connectivity index (χ1v) is 11.4. The molecule has 4 saturated carbocycles. The van der Waals surface area contributed by atoms with Crippen molar-refractivity contribution < 1.29 is 19.1 Å². The third-order valence-corrected chi connectivity index (χ3v) is 8.32. The number of ether oxygens (including phenoxy) is 1. The van der Waals surface area contributed by atoms with Gasteiger partial charge >= 0.3 is 5.97 Å². The van der Waals surface area contributed by atoms with Crippen molar-refractivity contribution in [2.75, 3.05) is 23.4 Å². The van der Waals surface area contributed by atoms with Crippen LogP contribution in [0.4, 0.5) is 11.4 Å². The molecule has 1 aromatic rings. The molecule has 1 atom stereocenters. The molecule has 0 radical (unpaired) electrons. The summed E-state index contributed by atoms with van der Waals surface area (Å²) in [5, 5.41) is 2.93. The van der Waals surface area contributed by atoms with Crippen molar-refractivity contribution in [3.63, 3.8) is 0 Å². The minimum absolute atomic E-state index is 0.0116. The number of anilines is 2. The van der Waals surface area contributed by atoms with E-state index in [2.05, 4.69) is 10.2 Å². The second-order valence-corrected chi connectivity index (χ2v) is 10.3. The summed E-state index contributed by atoms with van der Waals surface area (Å²) >= 11 is 0. The fourth-order valence-electron chi connectivity index (χ4n) is 7.38. The van der Waals surface area contributed by atoms with Crippen LogP contribution in [-0.4, -0.2) is 36.9 Å². The monoisotopic (exact) mass is 408 g/mol. The molecule has 7 rings (SSSR count). The molecule has 0 unspecified atom stereocenters. The smallest absolute Gasteiger partial charge is 0.338 e. The number of rotatable bonds is 4. The van der Waals surface area contributed by atoms with Gasteiger partial charge < -0.3 is 15.0 Å². The van der Waals surface area contributed by atoms with Crippen molar-refractivity contribution in [2.24, 2.45) is 23.2 Å². The minimum atomic E-state index is -0.492. The van der Waals surface area contributed by atoms with E-state index in [0.717, 1.165) is 44.3 Å². The second-order valence-electron chi connectivity index (χ2n) is 10.3. The number of nitrogens with zero attached hydrogens (tertiary/aromatic N) is 1. The molecule has 1 aromatic carbocycles. The van der Waals surface area contributed by atoms with E-state index in [1.54, 1.807) is 12.1 Å². The second kappa shape index (κ2) is 6.56. The zero-order chi connectivity index (χ0) is 20.5. The lowest BCUT2D eigenvalue weighted by molar-refractivity contribution is -0.147. The Hall–Kier alpha value is -2.37. The van der Waals surface area contributed by atoms with Crippen LogP contribution in [0, 0.1) is 23.2 Å². The summed E-state index contributed by atoms with van der Waals surface area (Å²) in [5.74, 6) is 1.68. The Morgan fingerprint density at radius 3 is 2.50 bits per heavy atom. The quantitative estimate of drug-likeness (QED) is 0.771. The lowest BCUT2D eigenvalue weighted by Gasteiger charge is -2.55. The number of hydrogen-bond acceptors (Lipinski definition) is 5. The van der Waals surface area contributed by atoms with Gasteiger partial charge in [0.05, 0.1) is 16.9 Å². The van der Waals surface area contributed by atoms with Gasteiger partial charge in [-0.2, -0.15) is 0 Å². The molecule has 4 bridgehead atoms. The van der Waals surface area contributed by atoms with Crippen LogP contribution in [0.15, 0.2) is 18.2 Å². The fraction of sp³-hybridized carbons (Fsp3) is 0.625. The first kappa shape index (κ1) is 18.4.